The molecule has 1 fully saturated rings. The number of rotatable bonds is 5. The van der Waals surface area contributed by atoms with Crippen LogP contribution in [0, 0.1) is 6.92 Å². The molecule has 1 aliphatic heterocycles. The molecular formula is C22H27BO5S. The fraction of sp³-hybridized carbons (Fsp3) is 0.409. The molecule has 3 rings (SSSR count). The molecular weight excluding hydrogens is 387 g/mol. The van der Waals surface area contributed by atoms with Gasteiger partial charge in [0.1, 0.15) is 0 Å². The van der Waals surface area contributed by atoms with Gasteiger partial charge >= 0.3 is 7.12 Å². The van der Waals surface area contributed by atoms with E-state index in [0.29, 0.717) is 22.2 Å². The van der Waals surface area contributed by atoms with Gasteiger partial charge in [0.2, 0.25) is 0 Å². The van der Waals surface area contributed by atoms with Crippen LogP contribution >= 0.6 is 0 Å². The molecule has 0 bridgehead atoms. The van der Waals surface area contributed by atoms with Gasteiger partial charge in [-0.1, -0.05) is 48.0 Å². The summed E-state index contributed by atoms with van der Waals surface area (Å²) in [5, 5.41) is 0. The molecule has 0 saturated carbocycles. The monoisotopic (exact) mass is 414 g/mol. The third-order valence-electron chi connectivity index (χ3n) is 5.61. The third-order valence-corrected chi connectivity index (χ3v) is 6.47. The molecule has 0 aromatic heterocycles. The Balaban J connectivity index is 2.08. The van der Waals surface area contributed by atoms with Crippen molar-refractivity contribution in [1.82, 2.24) is 0 Å². The van der Waals surface area contributed by atoms with Crippen LogP contribution in [0.5, 0.6) is 0 Å². The minimum Gasteiger partial charge on any atom is -0.399 e. The van der Waals surface area contributed by atoms with Gasteiger partial charge in [-0.3, -0.25) is 4.79 Å². The van der Waals surface area contributed by atoms with Crippen molar-refractivity contribution >= 4 is 28.2 Å². The Labute approximate surface area is 173 Å². The quantitative estimate of drug-likeness (QED) is 0.556. The van der Waals surface area contributed by atoms with Crippen LogP contribution in [0.3, 0.4) is 0 Å². The SMILES string of the molecule is Cc1ccc(C(=O)c2ccc(CS(C)(=O)=O)cc2B2OC(C)(C)C(C)(C)O2)cc1. The zero-order valence-corrected chi connectivity index (χ0v) is 18.6. The Morgan fingerprint density at radius 1 is 0.966 bits per heavy atom. The van der Waals surface area contributed by atoms with E-state index in [2.05, 4.69) is 0 Å². The fourth-order valence-electron chi connectivity index (χ4n) is 3.24. The second kappa shape index (κ2) is 7.38. The number of carbonyl (C=O) groups excluding carboxylic acids is 1. The van der Waals surface area contributed by atoms with Gasteiger partial charge in [-0.25, -0.2) is 8.42 Å². The molecule has 29 heavy (non-hydrogen) atoms. The summed E-state index contributed by atoms with van der Waals surface area (Å²) in [7, 11) is -3.98. The molecule has 0 N–H and O–H groups in total. The minimum atomic E-state index is -3.22. The summed E-state index contributed by atoms with van der Waals surface area (Å²) in [4.78, 5) is 13.2. The highest BCUT2D eigenvalue weighted by molar-refractivity contribution is 7.89. The van der Waals surface area contributed by atoms with Crippen molar-refractivity contribution in [2.24, 2.45) is 0 Å². The van der Waals surface area contributed by atoms with Crippen molar-refractivity contribution < 1.29 is 22.5 Å². The number of hydrogen-bond acceptors (Lipinski definition) is 5. The first-order valence-corrected chi connectivity index (χ1v) is 11.6. The molecule has 0 unspecified atom stereocenters. The van der Waals surface area contributed by atoms with E-state index < -0.39 is 28.2 Å². The van der Waals surface area contributed by atoms with E-state index in [4.69, 9.17) is 9.31 Å². The molecule has 0 spiro atoms. The Bertz CT molecular complexity index is 1020. The van der Waals surface area contributed by atoms with Crippen LogP contribution in [-0.2, 0) is 24.9 Å². The van der Waals surface area contributed by atoms with E-state index in [1.54, 1.807) is 30.3 Å². The molecule has 2 aromatic carbocycles. The molecule has 0 radical (unpaired) electrons. The van der Waals surface area contributed by atoms with E-state index in [-0.39, 0.29) is 11.5 Å². The number of carbonyl (C=O) groups is 1. The molecule has 0 aliphatic carbocycles. The van der Waals surface area contributed by atoms with E-state index in [1.165, 1.54) is 6.26 Å². The maximum Gasteiger partial charge on any atom is 0.495 e. The largest absolute Gasteiger partial charge is 0.495 e. The fourth-order valence-corrected chi connectivity index (χ4v) is 4.02. The first kappa shape index (κ1) is 21.7. The number of ketones is 1. The van der Waals surface area contributed by atoms with E-state index in [0.717, 1.165) is 5.56 Å². The summed E-state index contributed by atoms with van der Waals surface area (Å²) >= 11 is 0. The molecule has 1 aliphatic rings. The lowest BCUT2D eigenvalue weighted by molar-refractivity contribution is 0.00578. The summed E-state index contributed by atoms with van der Waals surface area (Å²) in [6.45, 7) is 9.72. The number of aryl methyl sites for hydroxylation is 1. The average Bonchev–Trinajstić information content (AvgIpc) is 2.81. The van der Waals surface area contributed by atoms with Crippen LogP contribution in [0.1, 0.15) is 54.7 Å². The van der Waals surface area contributed by atoms with Crippen LogP contribution in [0.4, 0.5) is 0 Å². The van der Waals surface area contributed by atoms with E-state index in [9.17, 15) is 13.2 Å². The summed E-state index contributed by atoms with van der Waals surface area (Å²) in [5.41, 5.74) is 2.07. The summed E-state index contributed by atoms with van der Waals surface area (Å²) in [6, 6.07) is 12.4. The molecule has 5 nitrogen and oxygen atoms in total. The Morgan fingerprint density at radius 3 is 2.03 bits per heavy atom. The minimum absolute atomic E-state index is 0.113. The topological polar surface area (TPSA) is 69.7 Å². The molecule has 154 valence electrons. The average molecular weight is 414 g/mol. The van der Waals surface area contributed by atoms with Crippen LogP contribution < -0.4 is 5.46 Å². The van der Waals surface area contributed by atoms with Crippen LogP contribution in [0.2, 0.25) is 0 Å². The van der Waals surface area contributed by atoms with Gasteiger partial charge < -0.3 is 9.31 Å². The van der Waals surface area contributed by atoms with Crippen molar-refractivity contribution in [2.75, 3.05) is 6.26 Å². The van der Waals surface area contributed by atoms with Gasteiger partial charge in [-0.15, -0.1) is 0 Å². The van der Waals surface area contributed by atoms with Crippen molar-refractivity contribution in [3.8, 4) is 0 Å². The van der Waals surface area contributed by atoms with Crippen LogP contribution in [0.25, 0.3) is 0 Å². The van der Waals surface area contributed by atoms with Crippen molar-refractivity contribution in [2.45, 2.75) is 51.6 Å². The molecule has 1 heterocycles. The first-order valence-electron chi connectivity index (χ1n) is 9.57. The zero-order chi connectivity index (χ0) is 21.6. The smallest absolute Gasteiger partial charge is 0.399 e. The summed E-state index contributed by atoms with van der Waals surface area (Å²) in [6.07, 6.45) is 1.19. The second-order valence-corrected chi connectivity index (χ2v) is 10.9. The second-order valence-electron chi connectivity index (χ2n) is 8.78. The standard InChI is InChI=1S/C22H27BO5S/c1-15-7-10-17(11-8-15)20(24)18-12-9-16(14-29(6,25)26)13-19(18)23-27-21(2,3)22(4,5)28-23/h7-13H,14H2,1-6H3. The normalized spacial score (nSPS) is 18.1. The highest BCUT2D eigenvalue weighted by atomic mass is 32.2. The maximum atomic E-state index is 13.2. The molecule has 2 aromatic rings. The Morgan fingerprint density at radius 2 is 1.52 bits per heavy atom. The van der Waals surface area contributed by atoms with Gasteiger partial charge in [0, 0.05) is 17.4 Å². The van der Waals surface area contributed by atoms with Crippen LogP contribution in [0.15, 0.2) is 42.5 Å². The predicted molar refractivity (Wildman–Crippen MR) is 115 cm³/mol. The van der Waals surface area contributed by atoms with Crippen molar-refractivity contribution in [3.05, 3.63) is 64.7 Å². The molecule has 0 amide bonds. The van der Waals surface area contributed by atoms with Gasteiger partial charge in [-0.2, -0.15) is 0 Å². The van der Waals surface area contributed by atoms with Crippen LogP contribution in [-0.4, -0.2) is 38.8 Å². The van der Waals surface area contributed by atoms with E-state index >= 15 is 0 Å². The highest BCUT2D eigenvalue weighted by Gasteiger charge is 2.52. The Hall–Kier alpha value is -1.96. The molecule has 1 saturated heterocycles. The Kier molecular flexibility index (Phi) is 5.54. The molecule has 7 heteroatoms. The highest BCUT2D eigenvalue weighted by Crippen LogP contribution is 2.37. The third kappa shape index (κ3) is 4.63. The van der Waals surface area contributed by atoms with Gasteiger partial charge in [0.25, 0.3) is 0 Å². The maximum absolute atomic E-state index is 13.2. The number of hydrogen-bond donors (Lipinski definition) is 0. The zero-order valence-electron chi connectivity index (χ0n) is 17.8. The lowest BCUT2D eigenvalue weighted by Crippen LogP contribution is -2.41. The first-order chi connectivity index (χ1) is 13.3. The number of sulfone groups is 1. The lowest BCUT2D eigenvalue weighted by atomic mass is 9.73. The van der Waals surface area contributed by atoms with Gasteiger partial charge in [0.05, 0.1) is 17.0 Å². The van der Waals surface area contributed by atoms with Crippen molar-refractivity contribution in [3.63, 3.8) is 0 Å². The van der Waals surface area contributed by atoms with E-state index in [1.807, 2.05) is 46.8 Å². The summed E-state index contributed by atoms with van der Waals surface area (Å²) in [5.74, 6) is -0.265. The summed E-state index contributed by atoms with van der Waals surface area (Å²) < 4.78 is 35.9. The number of benzene rings is 2. The van der Waals surface area contributed by atoms with Gasteiger partial charge in [0.15, 0.2) is 15.6 Å². The lowest BCUT2D eigenvalue weighted by Gasteiger charge is -2.32. The predicted octanol–water partition coefficient (Wildman–Crippen LogP) is 3.07. The molecule has 0 atom stereocenters. The van der Waals surface area contributed by atoms with Gasteiger partial charge in [-0.05, 0) is 45.6 Å². The van der Waals surface area contributed by atoms with Crippen molar-refractivity contribution in [1.29, 1.82) is 0 Å².